The average molecular weight is 242 g/mol. The van der Waals surface area contributed by atoms with Gasteiger partial charge in [0.2, 0.25) is 0 Å². The minimum absolute atomic E-state index is 0.0493. The minimum Gasteiger partial charge on any atom is -0.476 e. The molecule has 0 radical (unpaired) electrons. The maximum absolute atomic E-state index is 10.9. The largest absolute Gasteiger partial charge is 0.476 e. The van der Waals surface area contributed by atoms with Crippen LogP contribution in [0.2, 0.25) is 0 Å². The van der Waals surface area contributed by atoms with Gasteiger partial charge in [-0.15, -0.1) is 0 Å². The fourth-order valence-electron chi connectivity index (χ4n) is 1.79. The highest BCUT2D eigenvalue weighted by Crippen LogP contribution is 2.23. The van der Waals surface area contributed by atoms with Crippen LogP contribution in [0.1, 0.15) is 23.0 Å². The molecule has 1 N–H and O–H groups in total. The molecular weight excluding hydrogens is 228 g/mol. The van der Waals surface area contributed by atoms with Crippen molar-refractivity contribution >= 4 is 11.5 Å². The fourth-order valence-corrected chi connectivity index (χ4v) is 1.79. The van der Waals surface area contributed by atoms with Crippen LogP contribution < -0.4 is 0 Å². The van der Waals surface area contributed by atoms with Crippen LogP contribution in [0.25, 0.3) is 16.8 Å². The van der Waals surface area contributed by atoms with Crippen LogP contribution in [0.4, 0.5) is 0 Å². The van der Waals surface area contributed by atoms with Crippen molar-refractivity contribution in [3.05, 3.63) is 48.2 Å². The summed E-state index contributed by atoms with van der Waals surface area (Å²) in [5.41, 5.74) is 3.75. The number of allylic oxidation sites excluding steroid dienone is 1. The summed E-state index contributed by atoms with van der Waals surface area (Å²) in [5.74, 6) is -1.02. The van der Waals surface area contributed by atoms with Gasteiger partial charge in [-0.25, -0.2) is 4.79 Å². The summed E-state index contributed by atoms with van der Waals surface area (Å²) in [6.45, 7) is 5.84. The Bertz CT molecular complexity index is 626. The van der Waals surface area contributed by atoms with Gasteiger partial charge in [0.25, 0.3) is 0 Å². The summed E-state index contributed by atoms with van der Waals surface area (Å²) >= 11 is 0. The monoisotopic (exact) mass is 242 g/mol. The lowest BCUT2D eigenvalue weighted by Crippen LogP contribution is -1.99. The Morgan fingerprint density at radius 2 is 2.11 bits per heavy atom. The molecular formula is C14H14N2O2. The summed E-state index contributed by atoms with van der Waals surface area (Å²) in [7, 11) is 1.73. The number of carboxylic acid groups (broad SMARTS) is 1. The molecule has 0 amide bonds. The third-order valence-corrected chi connectivity index (χ3v) is 2.75. The molecule has 1 aromatic heterocycles. The van der Waals surface area contributed by atoms with Gasteiger partial charge in [0.15, 0.2) is 5.69 Å². The molecule has 0 unspecified atom stereocenters. The Balaban J connectivity index is 2.51. The first kappa shape index (κ1) is 12.1. The molecule has 18 heavy (non-hydrogen) atoms. The summed E-state index contributed by atoms with van der Waals surface area (Å²) in [6.07, 6.45) is 0. The Morgan fingerprint density at radius 3 is 2.67 bits per heavy atom. The highest BCUT2D eigenvalue weighted by atomic mass is 16.4. The number of carbonyl (C=O) groups is 1. The van der Waals surface area contributed by atoms with Crippen LogP contribution in [0, 0.1) is 0 Å². The van der Waals surface area contributed by atoms with E-state index in [-0.39, 0.29) is 5.69 Å². The van der Waals surface area contributed by atoms with E-state index < -0.39 is 5.97 Å². The van der Waals surface area contributed by atoms with Crippen molar-refractivity contribution in [2.75, 3.05) is 0 Å². The number of carboxylic acids is 1. The smallest absolute Gasteiger partial charge is 0.356 e. The minimum atomic E-state index is -1.02. The van der Waals surface area contributed by atoms with Gasteiger partial charge in [-0.3, -0.25) is 4.68 Å². The van der Waals surface area contributed by atoms with E-state index in [1.165, 1.54) is 0 Å². The summed E-state index contributed by atoms with van der Waals surface area (Å²) in [4.78, 5) is 10.9. The van der Waals surface area contributed by atoms with E-state index in [4.69, 9.17) is 5.11 Å². The number of hydrogen-bond acceptors (Lipinski definition) is 2. The van der Waals surface area contributed by atoms with Crippen LogP contribution in [-0.4, -0.2) is 20.9 Å². The number of aromatic nitrogens is 2. The molecule has 0 fully saturated rings. The van der Waals surface area contributed by atoms with Crippen molar-refractivity contribution in [2.24, 2.45) is 7.05 Å². The highest BCUT2D eigenvalue weighted by molar-refractivity contribution is 5.87. The quantitative estimate of drug-likeness (QED) is 0.900. The van der Waals surface area contributed by atoms with Gasteiger partial charge in [0, 0.05) is 12.6 Å². The number of aryl methyl sites for hydroxylation is 1. The summed E-state index contributed by atoms with van der Waals surface area (Å²) in [6, 6.07) is 9.37. The zero-order chi connectivity index (χ0) is 13.3. The van der Waals surface area contributed by atoms with Gasteiger partial charge in [0.05, 0.1) is 5.69 Å². The van der Waals surface area contributed by atoms with E-state index in [2.05, 4.69) is 11.7 Å². The molecule has 2 aromatic rings. The molecule has 92 valence electrons. The number of nitrogens with zero attached hydrogens (tertiary/aromatic N) is 2. The molecule has 0 bridgehead atoms. The molecule has 0 atom stereocenters. The third kappa shape index (κ3) is 2.18. The Morgan fingerprint density at radius 1 is 1.39 bits per heavy atom. The zero-order valence-electron chi connectivity index (χ0n) is 10.3. The van der Waals surface area contributed by atoms with Crippen LogP contribution in [0.15, 0.2) is 36.9 Å². The van der Waals surface area contributed by atoms with Crippen LogP contribution in [-0.2, 0) is 7.05 Å². The highest BCUT2D eigenvalue weighted by Gasteiger charge is 2.12. The molecule has 0 aliphatic rings. The van der Waals surface area contributed by atoms with E-state index in [1.54, 1.807) is 17.8 Å². The van der Waals surface area contributed by atoms with E-state index in [9.17, 15) is 4.79 Å². The second-order valence-corrected chi connectivity index (χ2v) is 4.20. The van der Waals surface area contributed by atoms with Crippen LogP contribution in [0.3, 0.4) is 0 Å². The molecule has 0 spiro atoms. The third-order valence-electron chi connectivity index (χ3n) is 2.75. The van der Waals surface area contributed by atoms with E-state index in [0.717, 1.165) is 22.4 Å². The van der Waals surface area contributed by atoms with Crippen molar-refractivity contribution in [3.63, 3.8) is 0 Å². The average Bonchev–Trinajstić information content (AvgIpc) is 2.72. The van der Waals surface area contributed by atoms with Crippen molar-refractivity contribution in [3.8, 4) is 11.3 Å². The maximum atomic E-state index is 10.9. The summed E-state index contributed by atoms with van der Waals surface area (Å²) < 4.78 is 1.57. The Kier molecular flexibility index (Phi) is 3.02. The van der Waals surface area contributed by atoms with E-state index in [0.29, 0.717) is 0 Å². The van der Waals surface area contributed by atoms with Gasteiger partial charge in [-0.2, -0.15) is 5.10 Å². The number of hydrogen-bond donors (Lipinski definition) is 1. The first-order chi connectivity index (χ1) is 8.49. The van der Waals surface area contributed by atoms with Crippen molar-refractivity contribution < 1.29 is 9.90 Å². The van der Waals surface area contributed by atoms with Gasteiger partial charge in [-0.1, -0.05) is 30.4 Å². The molecule has 1 heterocycles. The van der Waals surface area contributed by atoms with Gasteiger partial charge in [-0.05, 0) is 24.6 Å². The number of benzene rings is 1. The lowest BCUT2D eigenvalue weighted by Gasteiger charge is -2.05. The van der Waals surface area contributed by atoms with Gasteiger partial charge >= 0.3 is 5.97 Å². The fraction of sp³-hybridized carbons (Fsp3) is 0.143. The molecule has 1 aromatic carbocycles. The molecule has 0 aliphatic carbocycles. The first-order valence-corrected chi connectivity index (χ1v) is 5.52. The van der Waals surface area contributed by atoms with E-state index >= 15 is 0 Å². The lowest BCUT2D eigenvalue weighted by atomic mass is 10.0. The molecule has 0 saturated carbocycles. The maximum Gasteiger partial charge on any atom is 0.356 e. The normalized spacial score (nSPS) is 10.3. The zero-order valence-corrected chi connectivity index (χ0v) is 10.3. The Hall–Kier alpha value is -2.36. The second-order valence-electron chi connectivity index (χ2n) is 4.20. The molecule has 4 nitrogen and oxygen atoms in total. The standard InChI is InChI=1S/C14H14N2O2/c1-9(2)10-5-4-6-11(7-10)13-8-12(14(17)18)15-16(13)3/h4-8H,1H2,2-3H3,(H,17,18). The topological polar surface area (TPSA) is 55.1 Å². The number of rotatable bonds is 3. The Labute approximate surface area is 105 Å². The van der Waals surface area contributed by atoms with Crippen molar-refractivity contribution in [2.45, 2.75) is 6.92 Å². The van der Waals surface area contributed by atoms with Gasteiger partial charge in [0.1, 0.15) is 0 Å². The molecule has 0 aliphatic heterocycles. The SMILES string of the molecule is C=C(C)c1cccc(-c2cc(C(=O)O)nn2C)c1. The molecule has 0 saturated heterocycles. The predicted molar refractivity (Wildman–Crippen MR) is 70.3 cm³/mol. The molecule has 2 rings (SSSR count). The van der Waals surface area contributed by atoms with Crippen molar-refractivity contribution in [1.82, 2.24) is 9.78 Å². The van der Waals surface area contributed by atoms with Crippen LogP contribution in [0.5, 0.6) is 0 Å². The predicted octanol–water partition coefficient (Wildman–Crippen LogP) is 2.82. The first-order valence-electron chi connectivity index (χ1n) is 5.52. The van der Waals surface area contributed by atoms with Crippen molar-refractivity contribution in [1.29, 1.82) is 0 Å². The van der Waals surface area contributed by atoms with E-state index in [1.807, 2.05) is 31.2 Å². The summed E-state index contributed by atoms with van der Waals surface area (Å²) in [5, 5.41) is 12.9. The number of aromatic carboxylic acids is 1. The molecule has 4 heteroatoms. The second kappa shape index (κ2) is 4.49. The van der Waals surface area contributed by atoms with Gasteiger partial charge < -0.3 is 5.11 Å². The lowest BCUT2D eigenvalue weighted by molar-refractivity contribution is 0.0689. The van der Waals surface area contributed by atoms with Crippen LogP contribution >= 0.6 is 0 Å².